The van der Waals surface area contributed by atoms with Crippen molar-refractivity contribution < 1.29 is 9.47 Å². The van der Waals surface area contributed by atoms with Gasteiger partial charge in [0.05, 0.1) is 7.11 Å². The molecule has 0 aliphatic heterocycles. The lowest BCUT2D eigenvalue weighted by atomic mass is 10.3. The van der Waals surface area contributed by atoms with E-state index in [0.29, 0.717) is 10.8 Å². The number of ether oxygens (including phenoxy) is 2. The first-order chi connectivity index (χ1) is 12.2. The molecule has 0 amide bonds. The van der Waals surface area contributed by atoms with Crippen molar-refractivity contribution in [2.45, 2.75) is 6.61 Å². The van der Waals surface area contributed by atoms with E-state index in [0.717, 1.165) is 26.5 Å². The van der Waals surface area contributed by atoms with Gasteiger partial charge in [0.25, 0.3) is 0 Å². The van der Waals surface area contributed by atoms with E-state index in [4.69, 9.17) is 9.47 Å². The van der Waals surface area contributed by atoms with Crippen molar-refractivity contribution in [1.29, 1.82) is 0 Å². The Morgan fingerprint density at radius 3 is 2.68 bits per heavy atom. The van der Waals surface area contributed by atoms with Gasteiger partial charge in [-0.15, -0.1) is 10.2 Å². The van der Waals surface area contributed by atoms with E-state index in [1.165, 1.54) is 11.3 Å². The van der Waals surface area contributed by atoms with Crippen molar-refractivity contribution in [3.63, 3.8) is 0 Å². The van der Waals surface area contributed by atoms with Crippen LogP contribution in [0, 0.1) is 0 Å². The van der Waals surface area contributed by atoms with Crippen molar-refractivity contribution in [3.05, 3.63) is 53.0 Å². The molecule has 0 unspecified atom stereocenters. The highest BCUT2D eigenvalue weighted by Crippen LogP contribution is 2.27. The standard InChI is InChI=1S/C16H12BrN5O2S/c1-23-12-2-4-13(5-3-12)24-9-14-19-20-16-22(14)21-15(25-16)10-6-11(17)8-18-7-10/h2-8H,9H2,1H3. The molecule has 0 bridgehead atoms. The predicted molar refractivity (Wildman–Crippen MR) is 96.9 cm³/mol. The predicted octanol–water partition coefficient (Wildman–Crippen LogP) is 3.60. The van der Waals surface area contributed by atoms with E-state index in [1.54, 1.807) is 24.0 Å². The van der Waals surface area contributed by atoms with Gasteiger partial charge in [-0.2, -0.15) is 9.61 Å². The molecule has 3 heterocycles. The monoisotopic (exact) mass is 417 g/mol. The number of fused-ring (bicyclic) bond motifs is 1. The van der Waals surface area contributed by atoms with Gasteiger partial charge < -0.3 is 9.47 Å². The number of hydrogen-bond donors (Lipinski definition) is 0. The summed E-state index contributed by atoms with van der Waals surface area (Å²) in [6, 6.07) is 9.34. The van der Waals surface area contributed by atoms with Crippen LogP contribution < -0.4 is 9.47 Å². The molecule has 0 spiro atoms. The van der Waals surface area contributed by atoms with E-state index in [2.05, 4.69) is 36.2 Å². The lowest BCUT2D eigenvalue weighted by Gasteiger charge is -2.05. The third-order valence-corrected chi connectivity index (χ3v) is 4.82. The zero-order valence-electron chi connectivity index (χ0n) is 13.1. The van der Waals surface area contributed by atoms with E-state index in [1.807, 2.05) is 30.3 Å². The van der Waals surface area contributed by atoms with E-state index < -0.39 is 0 Å². The number of hydrogen-bond acceptors (Lipinski definition) is 7. The summed E-state index contributed by atoms with van der Waals surface area (Å²) in [5.41, 5.74) is 0.923. The minimum atomic E-state index is 0.271. The SMILES string of the molecule is COc1ccc(OCc2nnc3sc(-c4cncc(Br)c4)nn23)cc1. The molecule has 1 aromatic carbocycles. The molecule has 0 saturated carbocycles. The van der Waals surface area contributed by atoms with E-state index in [9.17, 15) is 0 Å². The third kappa shape index (κ3) is 3.33. The fourth-order valence-corrected chi connectivity index (χ4v) is 3.42. The number of methoxy groups -OCH3 is 1. The molecule has 9 heteroatoms. The maximum Gasteiger partial charge on any atom is 0.235 e. The molecule has 0 radical (unpaired) electrons. The number of benzene rings is 1. The molecule has 0 aliphatic rings. The Kier molecular flexibility index (Phi) is 4.33. The summed E-state index contributed by atoms with van der Waals surface area (Å²) >= 11 is 4.87. The van der Waals surface area contributed by atoms with Gasteiger partial charge in [-0.05, 0) is 46.3 Å². The Hall–Kier alpha value is -2.52. The van der Waals surface area contributed by atoms with Gasteiger partial charge in [-0.1, -0.05) is 11.3 Å². The van der Waals surface area contributed by atoms with Gasteiger partial charge in [0.15, 0.2) is 5.82 Å². The summed E-state index contributed by atoms with van der Waals surface area (Å²) in [5, 5.41) is 13.7. The highest BCUT2D eigenvalue weighted by molar-refractivity contribution is 9.10. The van der Waals surface area contributed by atoms with E-state index in [-0.39, 0.29) is 6.61 Å². The molecule has 0 aliphatic carbocycles. The first kappa shape index (κ1) is 16.0. The topological polar surface area (TPSA) is 74.4 Å². The Morgan fingerprint density at radius 2 is 1.92 bits per heavy atom. The van der Waals surface area contributed by atoms with Gasteiger partial charge in [-0.3, -0.25) is 4.98 Å². The molecule has 7 nitrogen and oxygen atoms in total. The minimum Gasteiger partial charge on any atom is -0.497 e. The maximum atomic E-state index is 5.76. The normalized spacial score (nSPS) is 11.0. The summed E-state index contributed by atoms with van der Waals surface area (Å²) < 4.78 is 13.5. The molecule has 0 N–H and O–H groups in total. The van der Waals surface area contributed by atoms with Crippen LogP contribution >= 0.6 is 27.3 Å². The Morgan fingerprint density at radius 1 is 1.12 bits per heavy atom. The van der Waals surface area contributed by atoms with Crippen LogP contribution in [-0.2, 0) is 6.61 Å². The molecule has 4 aromatic rings. The number of aromatic nitrogens is 5. The lowest BCUT2D eigenvalue weighted by Crippen LogP contribution is -2.02. The highest BCUT2D eigenvalue weighted by Gasteiger charge is 2.14. The number of rotatable bonds is 5. The second-order valence-corrected chi connectivity index (χ2v) is 6.95. The summed E-state index contributed by atoms with van der Waals surface area (Å²) in [7, 11) is 1.63. The van der Waals surface area contributed by atoms with E-state index >= 15 is 0 Å². The number of halogens is 1. The van der Waals surface area contributed by atoms with Crippen LogP contribution in [0.3, 0.4) is 0 Å². The average molecular weight is 418 g/mol. The van der Waals surface area contributed by atoms with Crippen LogP contribution in [0.2, 0.25) is 0 Å². The summed E-state index contributed by atoms with van der Waals surface area (Å²) in [5.74, 6) is 2.14. The summed E-state index contributed by atoms with van der Waals surface area (Å²) in [6.45, 7) is 0.271. The van der Waals surface area contributed by atoms with Crippen LogP contribution in [-0.4, -0.2) is 31.9 Å². The smallest absolute Gasteiger partial charge is 0.235 e. The molecular weight excluding hydrogens is 406 g/mol. The van der Waals surface area contributed by atoms with Crippen LogP contribution in [0.1, 0.15) is 5.82 Å². The summed E-state index contributed by atoms with van der Waals surface area (Å²) in [6.07, 6.45) is 3.50. The average Bonchev–Trinajstić information content (AvgIpc) is 3.21. The van der Waals surface area contributed by atoms with Gasteiger partial charge in [0, 0.05) is 22.4 Å². The molecule has 0 fully saturated rings. The largest absolute Gasteiger partial charge is 0.497 e. The fourth-order valence-electron chi connectivity index (χ4n) is 2.21. The quantitative estimate of drug-likeness (QED) is 0.493. The van der Waals surface area contributed by atoms with Crippen molar-refractivity contribution in [3.8, 4) is 22.1 Å². The molecule has 4 rings (SSSR count). The molecule has 126 valence electrons. The van der Waals surface area contributed by atoms with Gasteiger partial charge >= 0.3 is 0 Å². The molecular formula is C16H12BrN5O2S. The van der Waals surface area contributed by atoms with Gasteiger partial charge in [0.1, 0.15) is 23.1 Å². The highest BCUT2D eigenvalue weighted by atomic mass is 79.9. The zero-order valence-corrected chi connectivity index (χ0v) is 15.5. The number of pyridine rings is 1. The third-order valence-electron chi connectivity index (χ3n) is 3.43. The molecule has 0 saturated heterocycles. The van der Waals surface area contributed by atoms with Crippen LogP contribution in [0.15, 0.2) is 47.2 Å². The molecule has 25 heavy (non-hydrogen) atoms. The first-order valence-corrected chi connectivity index (χ1v) is 8.93. The Balaban J connectivity index is 1.56. The second-order valence-electron chi connectivity index (χ2n) is 5.07. The van der Waals surface area contributed by atoms with Crippen molar-refractivity contribution >= 4 is 32.2 Å². The fraction of sp³-hybridized carbons (Fsp3) is 0.125. The lowest BCUT2D eigenvalue weighted by molar-refractivity contribution is 0.292. The number of nitrogens with zero attached hydrogens (tertiary/aromatic N) is 5. The van der Waals surface area contributed by atoms with Crippen LogP contribution in [0.4, 0.5) is 0 Å². The molecule has 0 atom stereocenters. The Bertz CT molecular complexity index is 1010. The first-order valence-electron chi connectivity index (χ1n) is 7.32. The molecule has 3 aromatic heterocycles. The maximum absolute atomic E-state index is 5.76. The minimum absolute atomic E-state index is 0.271. The van der Waals surface area contributed by atoms with Crippen LogP contribution in [0.25, 0.3) is 15.5 Å². The summed E-state index contributed by atoms with van der Waals surface area (Å²) in [4.78, 5) is 4.88. The van der Waals surface area contributed by atoms with Gasteiger partial charge in [0.2, 0.25) is 4.96 Å². The Labute approximate surface area is 155 Å². The van der Waals surface area contributed by atoms with Crippen molar-refractivity contribution in [2.24, 2.45) is 0 Å². The van der Waals surface area contributed by atoms with Crippen molar-refractivity contribution in [1.82, 2.24) is 24.8 Å². The van der Waals surface area contributed by atoms with Crippen LogP contribution in [0.5, 0.6) is 11.5 Å². The zero-order chi connectivity index (χ0) is 17.2. The second kappa shape index (κ2) is 6.77. The van der Waals surface area contributed by atoms with Gasteiger partial charge in [-0.25, -0.2) is 0 Å². The van der Waals surface area contributed by atoms with Crippen molar-refractivity contribution in [2.75, 3.05) is 7.11 Å².